The molecule has 11 heteroatoms. The molecule has 1 aliphatic rings. The predicted molar refractivity (Wildman–Crippen MR) is 107 cm³/mol. The van der Waals surface area contributed by atoms with Gasteiger partial charge in [-0.3, -0.25) is 9.36 Å². The van der Waals surface area contributed by atoms with Crippen molar-refractivity contribution >= 4 is 38.4 Å². The molecule has 0 unspecified atom stereocenters. The molecule has 3 aromatic rings. The fourth-order valence-corrected chi connectivity index (χ4v) is 5.77. The Kier molecular flexibility index (Phi) is 5.05. The van der Waals surface area contributed by atoms with Crippen LogP contribution < -0.4 is 11.1 Å². The van der Waals surface area contributed by atoms with Gasteiger partial charge in [-0.2, -0.15) is 4.31 Å². The van der Waals surface area contributed by atoms with Crippen molar-refractivity contribution in [3.8, 4) is 0 Å². The Hall–Kier alpha value is -2.50. The topological polar surface area (TPSA) is 115 Å². The fraction of sp³-hybridized carbons (Fsp3) is 0.389. The van der Waals surface area contributed by atoms with Gasteiger partial charge < -0.3 is 9.73 Å². The minimum atomic E-state index is -3.92. The summed E-state index contributed by atoms with van der Waals surface area (Å²) in [5, 5.41) is 5.55. The molecule has 2 aromatic heterocycles. The number of sulfonamides is 1. The number of aromatic nitrogens is 2. The lowest BCUT2D eigenvalue weighted by Crippen LogP contribution is -2.45. The molecule has 154 valence electrons. The minimum Gasteiger partial charge on any atom is -0.408 e. The number of amides is 1. The van der Waals surface area contributed by atoms with Gasteiger partial charge in [0.2, 0.25) is 15.9 Å². The van der Waals surface area contributed by atoms with Crippen molar-refractivity contribution in [2.45, 2.75) is 37.2 Å². The van der Waals surface area contributed by atoms with Crippen LogP contribution >= 0.6 is 11.3 Å². The third-order valence-corrected chi connectivity index (χ3v) is 7.71. The zero-order chi connectivity index (χ0) is 20.8. The van der Waals surface area contributed by atoms with Gasteiger partial charge in [0, 0.05) is 25.0 Å². The number of hydrogen-bond donors (Lipinski definition) is 1. The smallest absolute Gasteiger partial charge is 0.408 e. The molecular formula is C18H20N4O5S2. The molecular weight excluding hydrogens is 416 g/mol. The Morgan fingerprint density at radius 3 is 2.93 bits per heavy atom. The number of rotatable bonds is 5. The van der Waals surface area contributed by atoms with Gasteiger partial charge in [0.15, 0.2) is 5.58 Å². The van der Waals surface area contributed by atoms with Crippen LogP contribution in [0, 0.1) is 6.92 Å². The van der Waals surface area contributed by atoms with Crippen LogP contribution in [0.25, 0.3) is 11.1 Å². The number of nitrogens with zero attached hydrogens (tertiary/aromatic N) is 3. The highest BCUT2D eigenvalue weighted by molar-refractivity contribution is 7.89. The number of hydrogen-bond acceptors (Lipinski definition) is 7. The second kappa shape index (κ2) is 7.39. The van der Waals surface area contributed by atoms with Crippen molar-refractivity contribution in [2.75, 3.05) is 6.54 Å². The molecule has 1 saturated heterocycles. The normalized spacial score (nSPS) is 17.8. The summed E-state index contributed by atoms with van der Waals surface area (Å²) in [4.78, 5) is 28.6. The third-order valence-electron chi connectivity index (χ3n) is 4.99. The van der Waals surface area contributed by atoms with Gasteiger partial charge in [0.1, 0.15) is 6.04 Å². The summed E-state index contributed by atoms with van der Waals surface area (Å²) in [5.41, 5.74) is 1.44. The van der Waals surface area contributed by atoms with Gasteiger partial charge in [0.25, 0.3) is 0 Å². The molecule has 1 N–H and O–H groups in total. The molecule has 4 rings (SSSR count). The maximum absolute atomic E-state index is 13.2. The van der Waals surface area contributed by atoms with Crippen molar-refractivity contribution in [3.63, 3.8) is 0 Å². The largest absolute Gasteiger partial charge is 0.419 e. The van der Waals surface area contributed by atoms with Crippen molar-refractivity contribution < 1.29 is 17.6 Å². The van der Waals surface area contributed by atoms with E-state index in [2.05, 4.69) is 10.3 Å². The van der Waals surface area contributed by atoms with Crippen LogP contribution in [-0.4, -0.2) is 40.8 Å². The first-order valence-electron chi connectivity index (χ1n) is 9.07. The molecule has 1 fully saturated rings. The van der Waals surface area contributed by atoms with Crippen molar-refractivity contribution in [3.05, 3.63) is 44.8 Å². The molecule has 0 bridgehead atoms. The molecule has 1 amide bonds. The van der Waals surface area contributed by atoms with Crippen LogP contribution in [0.5, 0.6) is 0 Å². The Labute approximate surface area is 171 Å². The van der Waals surface area contributed by atoms with Crippen LogP contribution in [0.1, 0.15) is 23.5 Å². The SMILES string of the molecule is Cc1nc(CNC(=O)[C@H]2CCCN2S(=O)(=O)c2ccc3c(c2)oc(=O)n3C)cs1. The molecule has 1 atom stereocenters. The van der Waals surface area contributed by atoms with E-state index in [1.54, 1.807) is 7.05 Å². The second-order valence-corrected chi connectivity index (χ2v) is 9.86. The molecule has 0 spiro atoms. The lowest BCUT2D eigenvalue weighted by Gasteiger charge is -2.23. The van der Waals surface area contributed by atoms with Crippen molar-refractivity contribution in [2.24, 2.45) is 7.05 Å². The number of fused-ring (bicyclic) bond motifs is 1. The Morgan fingerprint density at radius 2 is 2.21 bits per heavy atom. The maximum atomic E-state index is 13.2. The first-order chi connectivity index (χ1) is 13.8. The summed E-state index contributed by atoms with van der Waals surface area (Å²) in [7, 11) is -2.37. The number of aryl methyl sites for hydroxylation is 2. The highest BCUT2D eigenvalue weighted by Crippen LogP contribution is 2.28. The summed E-state index contributed by atoms with van der Waals surface area (Å²) in [6.45, 7) is 2.40. The van der Waals surface area contributed by atoms with Crippen LogP contribution in [0.3, 0.4) is 0 Å². The summed E-state index contributed by atoms with van der Waals surface area (Å²) in [6, 6.07) is 3.51. The highest BCUT2D eigenvalue weighted by atomic mass is 32.2. The summed E-state index contributed by atoms with van der Waals surface area (Å²) < 4.78 is 34.0. The molecule has 0 saturated carbocycles. The van der Waals surface area contributed by atoms with Gasteiger partial charge in [-0.15, -0.1) is 11.3 Å². The van der Waals surface area contributed by atoms with E-state index in [1.165, 1.54) is 38.4 Å². The van der Waals surface area contributed by atoms with Gasteiger partial charge in [-0.05, 0) is 31.9 Å². The van der Waals surface area contributed by atoms with Crippen LogP contribution in [0.15, 0.2) is 37.7 Å². The number of carbonyl (C=O) groups is 1. The van der Waals surface area contributed by atoms with Crippen LogP contribution in [0.4, 0.5) is 0 Å². The average Bonchev–Trinajstić information content (AvgIpc) is 3.40. The lowest BCUT2D eigenvalue weighted by molar-refractivity contribution is -0.124. The average molecular weight is 437 g/mol. The van der Waals surface area contributed by atoms with E-state index in [0.29, 0.717) is 18.4 Å². The summed E-state index contributed by atoms with van der Waals surface area (Å²) in [5.74, 6) is -0.908. The summed E-state index contributed by atoms with van der Waals surface area (Å²) in [6.07, 6.45) is 1.04. The first kappa shape index (κ1) is 19.8. The van der Waals surface area contributed by atoms with Gasteiger partial charge in [-0.1, -0.05) is 0 Å². The monoisotopic (exact) mass is 436 g/mol. The fourth-order valence-electron chi connectivity index (χ4n) is 3.48. The van der Waals surface area contributed by atoms with E-state index in [0.717, 1.165) is 10.7 Å². The van der Waals surface area contributed by atoms with Crippen molar-refractivity contribution in [1.29, 1.82) is 0 Å². The van der Waals surface area contributed by atoms with E-state index in [4.69, 9.17) is 4.42 Å². The molecule has 3 heterocycles. The van der Waals surface area contributed by atoms with Gasteiger partial charge in [0.05, 0.1) is 27.7 Å². The number of thiazole rings is 1. The maximum Gasteiger partial charge on any atom is 0.419 e. The standard InChI is InChI=1S/C18H20N4O5S2/c1-11-20-12(10-28-11)9-19-17(23)15-4-3-7-22(15)29(25,26)13-5-6-14-16(8-13)27-18(24)21(14)2/h5-6,8,10,15H,3-4,7,9H2,1-2H3,(H,19,23)/t15-/m1/s1. The second-order valence-electron chi connectivity index (χ2n) is 6.91. The zero-order valence-electron chi connectivity index (χ0n) is 15.9. The molecule has 9 nitrogen and oxygen atoms in total. The van der Waals surface area contributed by atoms with Gasteiger partial charge in [-0.25, -0.2) is 18.2 Å². The molecule has 0 radical (unpaired) electrons. The number of oxazole rings is 1. The quantitative estimate of drug-likeness (QED) is 0.646. The molecule has 29 heavy (non-hydrogen) atoms. The van der Waals surface area contributed by atoms with E-state index < -0.39 is 21.8 Å². The highest BCUT2D eigenvalue weighted by Gasteiger charge is 2.39. The van der Waals surface area contributed by atoms with Gasteiger partial charge >= 0.3 is 5.76 Å². The first-order valence-corrected chi connectivity index (χ1v) is 11.4. The van der Waals surface area contributed by atoms with Crippen LogP contribution in [-0.2, 0) is 28.4 Å². The van der Waals surface area contributed by atoms with E-state index in [1.807, 2.05) is 12.3 Å². The van der Waals surface area contributed by atoms with E-state index in [9.17, 15) is 18.0 Å². The van der Waals surface area contributed by atoms with E-state index >= 15 is 0 Å². The van der Waals surface area contributed by atoms with Crippen molar-refractivity contribution in [1.82, 2.24) is 19.2 Å². The molecule has 1 aromatic carbocycles. The molecule has 0 aliphatic carbocycles. The Balaban J connectivity index is 1.56. The summed E-state index contributed by atoms with van der Waals surface area (Å²) >= 11 is 1.49. The number of carbonyl (C=O) groups excluding carboxylic acids is 1. The Bertz CT molecular complexity index is 1240. The van der Waals surface area contributed by atoms with E-state index in [-0.39, 0.29) is 29.5 Å². The minimum absolute atomic E-state index is 0.00539. The zero-order valence-corrected chi connectivity index (χ0v) is 17.5. The molecule has 1 aliphatic heterocycles. The number of nitrogens with one attached hydrogen (secondary N) is 1. The third kappa shape index (κ3) is 3.61. The van der Waals surface area contributed by atoms with Crippen LogP contribution in [0.2, 0.25) is 0 Å². The Morgan fingerprint density at radius 1 is 1.41 bits per heavy atom. The lowest BCUT2D eigenvalue weighted by atomic mass is 10.2. The predicted octanol–water partition coefficient (Wildman–Crippen LogP) is 1.37. The number of benzene rings is 1.